The minimum Gasteiger partial charge on any atom is -0.477 e. The van der Waals surface area contributed by atoms with E-state index in [4.69, 9.17) is 4.74 Å². The first-order chi connectivity index (χ1) is 15.5. The highest BCUT2D eigenvalue weighted by molar-refractivity contribution is 5.97. The molecule has 0 radical (unpaired) electrons. The predicted molar refractivity (Wildman–Crippen MR) is 122 cm³/mol. The quantitative estimate of drug-likeness (QED) is 0.643. The number of carbonyl (C=O) groups excluding carboxylic acids is 2. The van der Waals surface area contributed by atoms with Crippen LogP contribution >= 0.6 is 0 Å². The van der Waals surface area contributed by atoms with Gasteiger partial charge in [0.1, 0.15) is 12.3 Å². The highest BCUT2D eigenvalue weighted by atomic mass is 16.5. The van der Waals surface area contributed by atoms with Crippen molar-refractivity contribution in [3.05, 3.63) is 65.1 Å². The highest BCUT2D eigenvalue weighted by Crippen LogP contribution is 2.33. The fourth-order valence-electron chi connectivity index (χ4n) is 3.89. The van der Waals surface area contributed by atoms with Gasteiger partial charge in [-0.15, -0.1) is 0 Å². The lowest BCUT2D eigenvalue weighted by Crippen LogP contribution is -2.53. The number of ether oxygens (including phenoxy) is 1. The van der Waals surface area contributed by atoms with E-state index in [2.05, 4.69) is 10.3 Å². The van der Waals surface area contributed by atoms with Crippen LogP contribution in [-0.4, -0.2) is 40.1 Å². The van der Waals surface area contributed by atoms with Gasteiger partial charge in [-0.05, 0) is 37.1 Å². The number of para-hydroxylation sites is 4. The van der Waals surface area contributed by atoms with Crippen molar-refractivity contribution < 1.29 is 14.3 Å². The molecule has 32 heavy (non-hydrogen) atoms. The molecule has 1 N–H and O–H groups in total. The molecule has 0 aliphatic carbocycles. The largest absolute Gasteiger partial charge is 0.477 e. The van der Waals surface area contributed by atoms with Gasteiger partial charge in [0.05, 0.1) is 29.5 Å². The van der Waals surface area contributed by atoms with Crippen LogP contribution in [-0.2, 0) is 16.1 Å². The topological polar surface area (TPSA) is 93.5 Å². The Morgan fingerprint density at radius 2 is 1.84 bits per heavy atom. The van der Waals surface area contributed by atoms with Crippen molar-refractivity contribution in [2.45, 2.75) is 45.4 Å². The zero-order valence-electron chi connectivity index (χ0n) is 18.2. The maximum Gasteiger partial charge on any atom is 0.269 e. The van der Waals surface area contributed by atoms with E-state index < -0.39 is 6.10 Å². The van der Waals surface area contributed by atoms with Crippen LogP contribution in [0.2, 0.25) is 0 Å². The zero-order chi connectivity index (χ0) is 22.7. The summed E-state index contributed by atoms with van der Waals surface area (Å²) in [5.41, 5.74) is 1.43. The second kappa shape index (κ2) is 9.21. The molecule has 8 nitrogen and oxygen atoms in total. The van der Waals surface area contributed by atoms with Gasteiger partial charge in [0.25, 0.3) is 11.5 Å². The monoisotopic (exact) mass is 434 g/mol. The van der Waals surface area contributed by atoms with Crippen LogP contribution in [0.3, 0.4) is 0 Å². The average molecular weight is 434 g/mol. The number of benzene rings is 2. The van der Waals surface area contributed by atoms with Crippen LogP contribution in [0.15, 0.2) is 59.5 Å². The summed E-state index contributed by atoms with van der Waals surface area (Å²) in [5.74, 6) is -0.0965. The zero-order valence-corrected chi connectivity index (χ0v) is 18.2. The summed E-state index contributed by atoms with van der Waals surface area (Å²) in [5, 5.41) is 2.99. The smallest absolute Gasteiger partial charge is 0.269 e. The van der Waals surface area contributed by atoms with E-state index in [-0.39, 0.29) is 36.5 Å². The Kier molecular flexibility index (Phi) is 6.20. The molecule has 1 aliphatic rings. The van der Waals surface area contributed by atoms with Crippen LogP contribution in [0.1, 0.15) is 26.7 Å². The second-order valence-corrected chi connectivity index (χ2v) is 7.77. The molecule has 8 heteroatoms. The number of nitrogens with one attached hydrogen (secondary N) is 1. The summed E-state index contributed by atoms with van der Waals surface area (Å²) in [6.45, 7) is 3.92. The lowest BCUT2D eigenvalue weighted by atomic mass is 10.1. The molecular weight excluding hydrogens is 408 g/mol. The van der Waals surface area contributed by atoms with Gasteiger partial charge in [-0.3, -0.25) is 19.0 Å². The van der Waals surface area contributed by atoms with Gasteiger partial charge in [-0.2, -0.15) is 0 Å². The number of amides is 2. The molecular formula is C24H26N4O4. The Balaban J connectivity index is 1.63. The lowest BCUT2D eigenvalue weighted by molar-refractivity contribution is -0.129. The maximum absolute atomic E-state index is 13.4. The number of hydrogen-bond acceptors (Lipinski definition) is 5. The first-order valence-corrected chi connectivity index (χ1v) is 10.8. The fraction of sp³-hybridized carbons (Fsp3) is 0.333. The fourth-order valence-corrected chi connectivity index (χ4v) is 3.89. The van der Waals surface area contributed by atoms with Crippen molar-refractivity contribution in [2.24, 2.45) is 0 Å². The van der Waals surface area contributed by atoms with Crippen LogP contribution in [0, 0.1) is 0 Å². The van der Waals surface area contributed by atoms with Gasteiger partial charge in [-0.25, -0.2) is 4.98 Å². The summed E-state index contributed by atoms with van der Waals surface area (Å²) in [7, 11) is 0. The van der Waals surface area contributed by atoms with E-state index in [1.807, 2.05) is 19.9 Å². The summed E-state index contributed by atoms with van der Waals surface area (Å²) >= 11 is 0. The third-order valence-electron chi connectivity index (χ3n) is 5.75. The minimum absolute atomic E-state index is 0.0502. The van der Waals surface area contributed by atoms with Gasteiger partial charge in [0.15, 0.2) is 6.10 Å². The molecule has 0 fully saturated rings. The van der Waals surface area contributed by atoms with Gasteiger partial charge in [-0.1, -0.05) is 38.1 Å². The van der Waals surface area contributed by atoms with Gasteiger partial charge < -0.3 is 15.0 Å². The Hall–Kier alpha value is -3.68. The van der Waals surface area contributed by atoms with Gasteiger partial charge in [0, 0.05) is 6.04 Å². The van der Waals surface area contributed by atoms with Crippen molar-refractivity contribution >= 4 is 28.5 Å². The molecule has 4 rings (SSSR count). The maximum atomic E-state index is 13.4. The molecule has 0 saturated heterocycles. The molecule has 1 aromatic heterocycles. The van der Waals surface area contributed by atoms with E-state index in [9.17, 15) is 14.4 Å². The number of fused-ring (bicyclic) bond motifs is 2. The predicted octanol–water partition coefficient (Wildman–Crippen LogP) is 2.50. The molecule has 0 saturated carbocycles. The SMILES string of the molecule is CCC(CC)NC(=O)C1CN(C(=O)Cn2c(=O)cnc3ccccc32)c2ccccc2O1. The molecule has 1 unspecified atom stereocenters. The Labute approximate surface area is 185 Å². The second-order valence-electron chi connectivity index (χ2n) is 7.77. The molecule has 2 aromatic carbocycles. The van der Waals surface area contributed by atoms with Crippen molar-refractivity contribution in [1.82, 2.24) is 14.9 Å². The van der Waals surface area contributed by atoms with Crippen LogP contribution < -0.4 is 20.5 Å². The summed E-state index contributed by atoms with van der Waals surface area (Å²) in [6, 6.07) is 14.3. The van der Waals surface area contributed by atoms with Crippen LogP contribution in [0.5, 0.6) is 5.75 Å². The first-order valence-electron chi connectivity index (χ1n) is 10.8. The summed E-state index contributed by atoms with van der Waals surface area (Å²) in [6.07, 6.45) is 2.01. The Bertz CT molecular complexity index is 1200. The van der Waals surface area contributed by atoms with Crippen LogP contribution in [0.4, 0.5) is 5.69 Å². The van der Waals surface area contributed by atoms with Crippen molar-refractivity contribution in [3.8, 4) is 5.75 Å². The average Bonchev–Trinajstić information content (AvgIpc) is 2.83. The standard InChI is InChI=1S/C24H26N4O4/c1-3-16(4-2)26-24(31)21-14-27(19-11-7-8-12-20(19)32-21)23(30)15-28-18-10-6-5-9-17(18)25-13-22(28)29/h5-13,16,21H,3-4,14-15H2,1-2H3,(H,26,31). The number of nitrogens with zero attached hydrogens (tertiary/aromatic N) is 3. The Morgan fingerprint density at radius 3 is 2.62 bits per heavy atom. The van der Waals surface area contributed by atoms with E-state index in [1.54, 1.807) is 42.5 Å². The number of anilines is 1. The van der Waals surface area contributed by atoms with Crippen molar-refractivity contribution in [2.75, 3.05) is 11.4 Å². The molecule has 0 spiro atoms. The van der Waals surface area contributed by atoms with E-state index in [0.29, 0.717) is 22.5 Å². The lowest BCUT2D eigenvalue weighted by Gasteiger charge is -2.35. The summed E-state index contributed by atoms with van der Waals surface area (Å²) in [4.78, 5) is 44.4. The Morgan fingerprint density at radius 1 is 1.12 bits per heavy atom. The number of hydrogen-bond donors (Lipinski definition) is 1. The van der Waals surface area contributed by atoms with Crippen molar-refractivity contribution in [3.63, 3.8) is 0 Å². The van der Waals surface area contributed by atoms with Crippen LogP contribution in [0.25, 0.3) is 11.0 Å². The van der Waals surface area contributed by atoms with Gasteiger partial charge in [0.2, 0.25) is 5.91 Å². The van der Waals surface area contributed by atoms with E-state index in [1.165, 1.54) is 15.7 Å². The minimum atomic E-state index is -0.833. The number of aromatic nitrogens is 2. The molecule has 1 aliphatic heterocycles. The molecule has 3 aromatic rings. The third kappa shape index (κ3) is 4.21. The molecule has 1 atom stereocenters. The first kappa shape index (κ1) is 21.5. The van der Waals surface area contributed by atoms with Gasteiger partial charge >= 0.3 is 0 Å². The molecule has 0 bridgehead atoms. The molecule has 2 amide bonds. The van der Waals surface area contributed by atoms with E-state index >= 15 is 0 Å². The molecule has 166 valence electrons. The summed E-state index contributed by atoms with van der Waals surface area (Å²) < 4.78 is 7.33. The third-order valence-corrected chi connectivity index (χ3v) is 5.75. The highest BCUT2D eigenvalue weighted by Gasteiger charge is 2.34. The number of rotatable bonds is 6. The van der Waals surface area contributed by atoms with Crippen molar-refractivity contribution in [1.29, 1.82) is 0 Å². The van der Waals surface area contributed by atoms with E-state index in [0.717, 1.165) is 12.8 Å². The molecule has 2 heterocycles. The number of carbonyl (C=O) groups is 2. The normalized spacial score (nSPS) is 15.3.